The minimum Gasteiger partial charge on any atom is -0.298 e. The summed E-state index contributed by atoms with van der Waals surface area (Å²) in [5.74, 6) is 0. The van der Waals surface area contributed by atoms with Crippen LogP contribution in [0, 0.1) is 0 Å². The largest absolute Gasteiger partial charge is 0.298 e. The standard InChI is InChI=1S/C12H14N2O2/c1-8(2)14-12(16)11-9(7-15)5-4-6-10(11)13(14)3/h4-8H,1-3H3. The van der Waals surface area contributed by atoms with E-state index < -0.39 is 0 Å². The summed E-state index contributed by atoms with van der Waals surface area (Å²) in [5.41, 5.74) is 1.15. The number of fused-ring (bicyclic) bond motifs is 1. The first-order valence-electron chi connectivity index (χ1n) is 5.23. The zero-order chi connectivity index (χ0) is 11.9. The Kier molecular flexibility index (Phi) is 2.42. The van der Waals surface area contributed by atoms with E-state index in [-0.39, 0.29) is 11.6 Å². The molecule has 16 heavy (non-hydrogen) atoms. The summed E-state index contributed by atoms with van der Waals surface area (Å²) in [4.78, 5) is 23.1. The van der Waals surface area contributed by atoms with Crippen LogP contribution in [0.25, 0.3) is 10.9 Å². The number of aryl methyl sites for hydroxylation is 1. The second-order valence-corrected chi connectivity index (χ2v) is 4.13. The number of hydrogen-bond donors (Lipinski definition) is 0. The molecule has 84 valence electrons. The molecule has 0 spiro atoms. The van der Waals surface area contributed by atoms with Crippen LogP contribution < -0.4 is 5.56 Å². The number of rotatable bonds is 2. The zero-order valence-electron chi connectivity index (χ0n) is 9.60. The van der Waals surface area contributed by atoms with Gasteiger partial charge in [-0.1, -0.05) is 12.1 Å². The summed E-state index contributed by atoms with van der Waals surface area (Å²) in [7, 11) is 1.83. The van der Waals surface area contributed by atoms with E-state index in [0.29, 0.717) is 10.9 Å². The Morgan fingerprint density at radius 2 is 2.00 bits per heavy atom. The zero-order valence-corrected chi connectivity index (χ0v) is 9.60. The second kappa shape index (κ2) is 3.63. The van der Waals surface area contributed by atoms with Crippen LogP contribution in [0.3, 0.4) is 0 Å². The van der Waals surface area contributed by atoms with Crippen molar-refractivity contribution in [2.24, 2.45) is 7.05 Å². The van der Waals surface area contributed by atoms with Crippen LogP contribution >= 0.6 is 0 Å². The van der Waals surface area contributed by atoms with Gasteiger partial charge in [0.25, 0.3) is 5.56 Å². The average Bonchev–Trinajstić information content (AvgIpc) is 2.51. The maximum atomic E-state index is 12.2. The number of hydrogen-bond acceptors (Lipinski definition) is 2. The van der Waals surface area contributed by atoms with E-state index in [1.807, 2.05) is 27.0 Å². The molecule has 0 radical (unpaired) electrons. The molecule has 1 heterocycles. The second-order valence-electron chi connectivity index (χ2n) is 4.13. The van der Waals surface area contributed by atoms with Gasteiger partial charge in [0.15, 0.2) is 6.29 Å². The van der Waals surface area contributed by atoms with Crippen molar-refractivity contribution in [3.05, 3.63) is 34.1 Å². The number of benzene rings is 1. The highest BCUT2D eigenvalue weighted by molar-refractivity contribution is 5.96. The Balaban J connectivity index is 2.99. The predicted molar refractivity (Wildman–Crippen MR) is 63.0 cm³/mol. The Labute approximate surface area is 93.1 Å². The quantitative estimate of drug-likeness (QED) is 0.720. The molecule has 0 atom stereocenters. The molecule has 0 saturated carbocycles. The lowest BCUT2D eigenvalue weighted by Gasteiger charge is -2.10. The fourth-order valence-corrected chi connectivity index (χ4v) is 2.11. The smallest absolute Gasteiger partial charge is 0.275 e. The van der Waals surface area contributed by atoms with Crippen molar-refractivity contribution < 1.29 is 4.79 Å². The molecule has 0 saturated heterocycles. The van der Waals surface area contributed by atoms with Gasteiger partial charge in [-0.05, 0) is 19.9 Å². The van der Waals surface area contributed by atoms with Crippen molar-refractivity contribution in [1.82, 2.24) is 9.36 Å². The monoisotopic (exact) mass is 218 g/mol. The summed E-state index contributed by atoms with van der Waals surface area (Å²) < 4.78 is 3.45. The number of carbonyl (C=O) groups excluding carboxylic acids is 1. The van der Waals surface area contributed by atoms with E-state index in [1.54, 1.807) is 21.5 Å². The van der Waals surface area contributed by atoms with Gasteiger partial charge in [0, 0.05) is 18.7 Å². The molecule has 0 unspecified atom stereocenters. The minimum absolute atomic E-state index is 0.0735. The molecule has 1 aromatic heterocycles. The fraction of sp³-hybridized carbons (Fsp3) is 0.333. The summed E-state index contributed by atoms with van der Waals surface area (Å²) in [5, 5.41) is 0.508. The van der Waals surface area contributed by atoms with Crippen molar-refractivity contribution in [3.8, 4) is 0 Å². The molecule has 2 aromatic rings. The maximum Gasteiger partial charge on any atom is 0.275 e. The minimum atomic E-state index is -0.102. The lowest BCUT2D eigenvalue weighted by atomic mass is 10.1. The number of carbonyl (C=O) groups is 1. The van der Waals surface area contributed by atoms with E-state index in [9.17, 15) is 9.59 Å². The third-order valence-corrected chi connectivity index (χ3v) is 2.78. The molecule has 1 aromatic carbocycles. The van der Waals surface area contributed by atoms with Crippen molar-refractivity contribution in [3.63, 3.8) is 0 Å². The number of aldehydes is 1. The van der Waals surface area contributed by atoms with Gasteiger partial charge in [-0.3, -0.25) is 14.3 Å². The Hall–Kier alpha value is -1.84. The number of aromatic nitrogens is 2. The van der Waals surface area contributed by atoms with Crippen LogP contribution in [0.15, 0.2) is 23.0 Å². The van der Waals surface area contributed by atoms with Crippen molar-refractivity contribution >= 4 is 17.2 Å². The lowest BCUT2D eigenvalue weighted by Crippen LogP contribution is -2.23. The fourth-order valence-electron chi connectivity index (χ4n) is 2.11. The van der Waals surface area contributed by atoms with Crippen molar-refractivity contribution in [2.45, 2.75) is 19.9 Å². The number of nitrogens with zero attached hydrogens (tertiary/aromatic N) is 2. The van der Waals surface area contributed by atoms with Crippen LogP contribution in [0.2, 0.25) is 0 Å². The highest BCUT2D eigenvalue weighted by atomic mass is 16.1. The van der Waals surface area contributed by atoms with E-state index >= 15 is 0 Å². The van der Waals surface area contributed by atoms with Crippen molar-refractivity contribution in [2.75, 3.05) is 0 Å². The van der Waals surface area contributed by atoms with Gasteiger partial charge < -0.3 is 0 Å². The molecule has 2 rings (SSSR count). The first-order valence-corrected chi connectivity index (χ1v) is 5.23. The third-order valence-electron chi connectivity index (χ3n) is 2.78. The molecule has 4 nitrogen and oxygen atoms in total. The van der Waals surface area contributed by atoms with Gasteiger partial charge in [0.1, 0.15) is 0 Å². The lowest BCUT2D eigenvalue weighted by molar-refractivity contribution is 0.112. The molecule has 0 aliphatic rings. The van der Waals surface area contributed by atoms with Crippen molar-refractivity contribution in [1.29, 1.82) is 0 Å². The molecule has 0 N–H and O–H groups in total. The average molecular weight is 218 g/mol. The van der Waals surface area contributed by atoms with Crippen LogP contribution in [0.5, 0.6) is 0 Å². The van der Waals surface area contributed by atoms with Crippen LogP contribution in [0.1, 0.15) is 30.2 Å². The molecule has 0 aliphatic carbocycles. The third kappa shape index (κ3) is 1.30. The molecular weight excluding hydrogens is 204 g/mol. The summed E-state index contributed by atoms with van der Waals surface area (Å²) in [6, 6.07) is 5.38. The summed E-state index contributed by atoms with van der Waals surface area (Å²) >= 11 is 0. The van der Waals surface area contributed by atoms with Gasteiger partial charge in [-0.15, -0.1) is 0 Å². The van der Waals surface area contributed by atoms with Crippen LogP contribution in [-0.4, -0.2) is 15.6 Å². The first kappa shape index (κ1) is 10.7. The Bertz CT molecular complexity index is 605. The van der Waals surface area contributed by atoms with E-state index in [2.05, 4.69) is 0 Å². The SMILES string of the molecule is CC(C)n1c(=O)c2c(C=O)cccc2n1C. The highest BCUT2D eigenvalue weighted by Crippen LogP contribution is 2.16. The van der Waals surface area contributed by atoms with Gasteiger partial charge in [-0.25, -0.2) is 4.68 Å². The van der Waals surface area contributed by atoms with Gasteiger partial charge in [0.2, 0.25) is 0 Å². The van der Waals surface area contributed by atoms with Gasteiger partial charge in [0.05, 0.1) is 10.9 Å². The van der Waals surface area contributed by atoms with Gasteiger partial charge in [-0.2, -0.15) is 0 Å². The van der Waals surface area contributed by atoms with E-state index in [4.69, 9.17) is 0 Å². The topological polar surface area (TPSA) is 44.0 Å². The molecule has 0 fully saturated rings. The molecule has 0 bridgehead atoms. The van der Waals surface area contributed by atoms with E-state index in [1.165, 1.54) is 0 Å². The van der Waals surface area contributed by atoms with Gasteiger partial charge >= 0.3 is 0 Å². The molecule has 4 heteroatoms. The predicted octanol–water partition coefficient (Wildman–Crippen LogP) is 1.73. The Morgan fingerprint density at radius 3 is 2.56 bits per heavy atom. The Morgan fingerprint density at radius 1 is 1.31 bits per heavy atom. The highest BCUT2D eigenvalue weighted by Gasteiger charge is 2.15. The molecular formula is C12H14N2O2. The summed E-state index contributed by atoms with van der Waals surface area (Å²) in [6.07, 6.45) is 0.731. The first-order chi connectivity index (χ1) is 7.57. The van der Waals surface area contributed by atoms with E-state index in [0.717, 1.165) is 11.8 Å². The normalized spacial score (nSPS) is 11.2. The summed E-state index contributed by atoms with van der Waals surface area (Å²) in [6.45, 7) is 3.89. The molecule has 0 amide bonds. The maximum absolute atomic E-state index is 12.2. The van der Waals surface area contributed by atoms with Crippen LogP contribution in [-0.2, 0) is 7.05 Å². The molecule has 0 aliphatic heterocycles. The van der Waals surface area contributed by atoms with Crippen LogP contribution in [0.4, 0.5) is 0 Å².